The lowest BCUT2D eigenvalue weighted by Gasteiger charge is -2.15. The first-order valence-corrected chi connectivity index (χ1v) is 10.4. The summed E-state index contributed by atoms with van der Waals surface area (Å²) in [6.07, 6.45) is 3.31. The second kappa shape index (κ2) is 8.58. The lowest BCUT2D eigenvalue weighted by molar-refractivity contribution is 0.0996. The van der Waals surface area contributed by atoms with Crippen molar-refractivity contribution in [2.45, 2.75) is 13.5 Å². The van der Waals surface area contributed by atoms with E-state index in [1.165, 1.54) is 0 Å². The van der Waals surface area contributed by atoms with Crippen LogP contribution in [0.3, 0.4) is 0 Å². The number of H-pyrrole nitrogens is 1. The third-order valence-electron chi connectivity index (χ3n) is 5.38. The molecular formula is C24H20N8O2. The fourth-order valence-electron chi connectivity index (χ4n) is 3.76. The monoisotopic (exact) mass is 452 g/mol. The Morgan fingerprint density at radius 3 is 2.76 bits per heavy atom. The molecule has 0 radical (unpaired) electrons. The first-order valence-electron chi connectivity index (χ1n) is 10.4. The molecule has 5 N–H and O–H groups in total. The fourth-order valence-corrected chi connectivity index (χ4v) is 3.76. The van der Waals surface area contributed by atoms with Crippen molar-refractivity contribution >= 4 is 22.5 Å². The summed E-state index contributed by atoms with van der Waals surface area (Å²) in [5.74, 6) is -0.357. The van der Waals surface area contributed by atoms with Gasteiger partial charge in [-0.1, -0.05) is 12.1 Å². The number of primary amides is 1. The normalized spacial score (nSPS) is 11.0. The van der Waals surface area contributed by atoms with Crippen LogP contribution in [0.2, 0.25) is 0 Å². The van der Waals surface area contributed by atoms with Gasteiger partial charge in [-0.3, -0.25) is 9.89 Å². The van der Waals surface area contributed by atoms with E-state index in [9.17, 15) is 4.79 Å². The van der Waals surface area contributed by atoms with E-state index in [0.29, 0.717) is 28.5 Å². The van der Waals surface area contributed by atoms with E-state index in [0.717, 1.165) is 22.0 Å². The van der Waals surface area contributed by atoms with E-state index in [-0.39, 0.29) is 18.0 Å². The first-order chi connectivity index (χ1) is 16.5. The van der Waals surface area contributed by atoms with Gasteiger partial charge >= 0.3 is 0 Å². The zero-order chi connectivity index (χ0) is 23.7. The number of nitrogens with one attached hydrogen (secondary N) is 1. The fraction of sp³-hybridized carbons (Fsp3) is 0.0833. The molecule has 0 atom stereocenters. The number of aromatic amines is 1. The highest BCUT2D eigenvalue weighted by atomic mass is 16.5. The predicted octanol–water partition coefficient (Wildman–Crippen LogP) is 3.05. The van der Waals surface area contributed by atoms with Crippen molar-refractivity contribution in [3.05, 3.63) is 77.9 Å². The molecule has 0 aliphatic carbocycles. The Balaban J connectivity index is 1.60. The van der Waals surface area contributed by atoms with Crippen LogP contribution in [-0.2, 0) is 6.61 Å². The van der Waals surface area contributed by atoms with Crippen molar-refractivity contribution in [1.82, 2.24) is 30.4 Å². The molecule has 34 heavy (non-hydrogen) atoms. The number of nitrogen functional groups attached to an aromatic ring is 1. The summed E-state index contributed by atoms with van der Waals surface area (Å²) >= 11 is 0. The second-order valence-corrected chi connectivity index (χ2v) is 7.64. The molecule has 168 valence electrons. The topological polar surface area (TPSA) is 159 Å². The molecule has 0 spiro atoms. The minimum absolute atomic E-state index is 0.0277. The second-order valence-electron chi connectivity index (χ2n) is 7.64. The van der Waals surface area contributed by atoms with Crippen LogP contribution in [-0.4, -0.2) is 36.3 Å². The number of carbonyl (C=O) groups is 1. The Hall–Kier alpha value is -4.86. The van der Waals surface area contributed by atoms with Crippen LogP contribution in [0.1, 0.15) is 21.7 Å². The van der Waals surface area contributed by atoms with Crippen LogP contribution in [0.15, 0.2) is 60.9 Å². The summed E-state index contributed by atoms with van der Waals surface area (Å²) in [6.45, 7) is 2.17. The van der Waals surface area contributed by atoms with Crippen LogP contribution in [0, 0.1) is 6.92 Å². The first kappa shape index (κ1) is 21.0. The smallest absolute Gasteiger partial charge is 0.269 e. The Labute approximate surface area is 194 Å². The van der Waals surface area contributed by atoms with Crippen LogP contribution < -0.4 is 16.2 Å². The number of anilines is 1. The van der Waals surface area contributed by atoms with Gasteiger partial charge in [0.1, 0.15) is 12.3 Å². The average Bonchev–Trinajstić information content (AvgIpc) is 3.33. The maximum atomic E-state index is 12.2. The Morgan fingerprint density at radius 1 is 1.09 bits per heavy atom. The molecule has 0 aliphatic heterocycles. The van der Waals surface area contributed by atoms with Crippen molar-refractivity contribution in [2.24, 2.45) is 5.73 Å². The standard InChI is InChI=1S/C24H20N8O2/c1-13-7-8-17-16(11-28-32-17)21(13)15-10-19(30-23(22(15)25)24(26)33)18-5-2-6-20(29-18)34-12-14-4-3-9-27-31-14/h2-11H,12,25H2,1H3,(H2,26,33)(H,28,32). The molecule has 0 unspecified atom stereocenters. The number of benzene rings is 1. The van der Waals surface area contributed by atoms with Crippen molar-refractivity contribution < 1.29 is 9.53 Å². The van der Waals surface area contributed by atoms with Crippen molar-refractivity contribution in [3.8, 4) is 28.4 Å². The largest absolute Gasteiger partial charge is 0.471 e. The Bertz CT molecular complexity index is 1510. The summed E-state index contributed by atoms with van der Waals surface area (Å²) in [7, 11) is 0. The molecule has 1 aromatic carbocycles. The highest BCUT2D eigenvalue weighted by Gasteiger charge is 2.20. The highest BCUT2D eigenvalue weighted by molar-refractivity contribution is 6.05. The zero-order valence-corrected chi connectivity index (χ0v) is 18.2. The molecule has 0 fully saturated rings. The molecule has 5 rings (SSSR count). The number of nitrogens with zero attached hydrogens (tertiary/aromatic N) is 5. The number of fused-ring (bicyclic) bond motifs is 1. The van der Waals surface area contributed by atoms with Crippen molar-refractivity contribution in [1.29, 1.82) is 0 Å². The summed E-state index contributed by atoms with van der Waals surface area (Å²) in [6, 6.07) is 14.6. The molecule has 0 saturated carbocycles. The van der Waals surface area contributed by atoms with Gasteiger partial charge in [-0.25, -0.2) is 9.97 Å². The van der Waals surface area contributed by atoms with Crippen LogP contribution in [0.25, 0.3) is 33.4 Å². The van der Waals surface area contributed by atoms with Gasteiger partial charge < -0.3 is 16.2 Å². The molecule has 4 aromatic heterocycles. The van der Waals surface area contributed by atoms with E-state index in [1.807, 2.05) is 25.1 Å². The van der Waals surface area contributed by atoms with E-state index in [1.54, 1.807) is 42.7 Å². The van der Waals surface area contributed by atoms with E-state index < -0.39 is 5.91 Å². The minimum Gasteiger partial charge on any atom is -0.471 e. The molecule has 0 bridgehead atoms. The number of ether oxygens (including phenoxy) is 1. The summed E-state index contributed by atoms with van der Waals surface area (Å²) < 4.78 is 5.77. The maximum absolute atomic E-state index is 12.2. The number of aromatic nitrogens is 6. The lowest BCUT2D eigenvalue weighted by atomic mass is 9.94. The van der Waals surface area contributed by atoms with Gasteiger partial charge in [-0.2, -0.15) is 15.3 Å². The molecule has 10 nitrogen and oxygen atoms in total. The van der Waals surface area contributed by atoms with Gasteiger partial charge in [-0.05, 0) is 48.4 Å². The minimum atomic E-state index is -0.729. The van der Waals surface area contributed by atoms with Crippen molar-refractivity contribution in [3.63, 3.8) is 0 Å². The molecule has 5 aromatic rings. The average molecular weight is 452 g/mol. The molecule has 0 saturated heterocycles. The Morgan fingerprint density at radius 2 is 1.97 bits per heavy atom. The molecule has 0 aliphatic rings. The molecule has 1 amide bonds. The summed E-state index contributed by atoms with van der Waals surface area (Å²) in [5.41, 5.74) is 17.0. The third kappa shape index (κ3) is 3.88. The molecular weight excluding hydrogens is 432 g/mol. The van der Waals surface area contributed by atoms with Gasteiger partial charge in [0.05, 0.1) is 28.8 Å². The zero-order valence-electron chi connectivity index (χ0n) is 18.2. The summed E-state index contributed by atoms with van der Waals surface area (Å²) in [5, 5.41) is 15.8. The number of amides is 1. The summed E-state index contributed by atoms with van der Waals surface area (Å²) in [4.78, 5) is 21.2. The number of nitrogens with two attached hydrogens (primary N) is 2. The third-order valence-corrected chi connectivity index (χ3v) is 5.38. The van der Waals surface area contributed by atoms with E-state index in [4.69, 9.17) is 16.2 Å². The number of pyridine rings is 2. The van der Waals surface area contributed by atoms with Gasteiger partial charge in [-0.15, -0.1) is 0 Å². The number of aryl methyl sites for hydroxylation is 1. The number of hydrogen-bond donors (Lipinski definition) is 3. The van der Waals surface area contributed by atoms with Crippen LogP contribution >= 0.6 is 0 Å². The van der Waals surface area contributed by atoms with Gasteiger partial charge in [0.15, 0.2) is 5.69 Å². The van der Waals surface area contributed by atoms with Crippen LogP contribution in [0.4, 0.5) is 5.69 Å². The number of rotatable bonds is 6. The quantitative estimate of drug-likeness (QED) is 0.354. The number of carbonyl (C=O) groups excluding carboxylic acids is 1. The van der Waals surface area contributed by atoms with Gasteiger partial charge in [0.2, 0.25) is 5.88 Å². The van der Waals surface area contributed by atoms with Gasteiger partial charge in [0, 0.05) is 23.2 Å². The maximum Gasteiger partial charge on any atom is 0.269 e. The number of hydrogen-bond acceptors (Lipinski definition) is 8. The Kier molecular flexibility index (Phi) is 5.30. The van der Waals surface area contributed by atoms with Crippen molar-refractivity contribution in [2.75, 3.05) is 5.73 Å². The van der Waals surface area contributed by atoms with Gasteiger partial charge in [0.25, 0.3) is 5.91 Å². The molecule has 4 heterocycles. The van der Waals surface area contributed by atoms with E-state index >= 15 is 0 Å². The lowest BCUT2D eigenvalue weighted by Crippen LogP contribution is -2.17. The SMILES string of the molecule is Cc1ccc2[nH]ncc2c1-c1cc(-c2cccc(OCc3cccnn3)n2)nc(C(N)=O)c1N. The predicted molar refractivity (Wildman–Crippen MR) is 127 cm³/mol. The molecule has 10 heteroatoms. The highest BCUT2D eigenvalue weighted by Crippen LogP contribution is 2.37. The van der Waals surface area contributed by atoms with E-state index in [2.05, 4.69) is 30.4 Å². The van der Waals surface area contributed by atoms with Crippen LogP contribution in [0.5, 0.6) is 5.88 Å².